The topological polar surface area (TPSA) is 12.4 Å². The fourth-order valence-electron chi connectivity index (χ4n) is 0.975. The third kappa shape index (κ3) is 2.24. The molecule has 0 amide bonds. The van der Waals surface area contributed by atoms with Gasteiger partial charge in [-0.2, -0.15) is 0 Å². The van der Waals surface area contributed by atoms with Crippen LogP contribution >= 0.6 is 0 Å². The van der Waals surface area contributed by atoms with Crippen molar-refractivity contribution in [2.75, 3.05) is 6.54 Å². The van der Waals surface area contributed by atoms with Crippen LogP contribution in [0.2, 0.25) is 6.32 Å². The number of hydrogen-bond acceptors (Lipinski definition) is 1. The molecule has 0 fully saturated rings. The van der Waals surface area contributed by atoms with Gasteiger partial charge in [0.05, 0.1) is 0 Å². The molecule has 1 nitrogen and oxygen atoms in total. The molecule has 0 N–H and O–H groups in total. The zero-order valence-electron chi connectivity index (χ0n) is 5.27. The molecule has 1 aliphatic rings. The molecule has 2 heteroatoms. The second-order valence-electron chi connectivity index (χ2n) is 2.29. The van der Waals surface area contributed by atoms with Crippen LogP contribution in [-0.4, -0.2) is 13.6 Å². The Balaban J connectivity index is 2.17. The quantitative estimate of drug-likeness (QED) is 0.421. The molecular formula is C6H12BN. The zero-order valence-corrected chi connectivity index (χ0v) is 5.27. The summed E-state index contributed by atoms with van der Waals surface area (Å²) in [4.78, 5) is 4.21. The van der Waals surface area contributed by atoms with Gasteiger partial charge in [-0.15, -0.1) is 0 Å². The summed E-state index contributed by atoms with van der Waals surface area (Å²) in [5, 5.41) is 0. The van der Waals surface area contributed by atoms with Crippen LogP contribution in [0.5, 0.6) is 0 Å². The van der Waals surface area contributed by atoms with Crippen molar-refractivity contribution in [3.05, 3.63) is 0 Å². The monoisotopic (exact) mass is 109 g/mol. The Hall–Kier alpha value is -0.135. The Morgan fingerprint density at radius 2 is 1.88 bits per heavy atom. The summed E-state index contributed by atoms with van der Waals surface area (Å²) in [7, 11) is 2.07. The van der Waals surface area contributed by atoms with E-state index in [1.165, 1.54) is 32.0 Å². The summed E-state index contributed by atoms with van der Waals surface area (Å²) in [5.41, 5.74) is 0. The standard InChI is InChI=1S/C6H12BN/c1-2-4-6-8-7-5-3-1/h1-6H2. The van der Waals surface area contributed by atoms with E-state index in [0.29, 0.717) is 0 Å². The molecule has 8 heavy (non-hydrogen) atoms. The summed E-state index contributed by atoms with van der Waals surface area (Å²) >= 11 is 0. The van der Waals surface area contributed by atoms with E-state index in [-0.39, 0.29) is 0 Å². The molecule has 0 aromatic rings. The van der Waals surface area contributed by atoms with E-state index in [1.54, 1.807) is 0 Å². The van der Waals surface area contributed by atoms with Crippen LogP contribution in [0.4, 0.5) is 0 Å². The number of hydrogen-bond donors (Lipinski definition) is 0. The summed E-state index contributed by atoms with van der Waals surface area (Å²) < 4.78 is 0. The van der Waals surface area contributed by atoms with E-state index >= 15 is 0 Å². The van der Waals surface area contributed by atoms with Gasteiger partial charge in [-0.25, -0.2) is 0 Å². The number of rotatable bonds is 0. The molecule has 0 aromatic heterocycles. The molecule has 0 aromatic carbocycles. The van der Waals surface area contributed by atoms with Crippen LogP contribution < -0.4 is 0 Å². The average molecular weight is 109 g/mol. The van der Waals surface area contributed by atoms with Crippen LogP contribution in [0.1, 0.15) is 25.7 Å². The fraction of sp³-hybridized carbons (Fsp3) is 1.00. The van der Waals surface area contributed by atoms with Gasteiger partial charge in [-0.3, -0.25) is 0 Å². The van der Waals surface area contributed by atoms with Crippen molar-refractivity contribution in [1.82, 2.24) is 0 Å². The van der Waals surface area contributed by atoms with Crippen LogP contribution in [0, 0.1) is 0 Å². The van der Waals surface area contributed by atoms with Gasteiger partial charge in [0.15, 0.2) is 0 Å². The maximum atomic E-state index is 4.21. The fourth-order valence-corrected chi connectivity index (χ4v) is 0.975. The third-order valence-electron chi connectivity index (χ3n) is 1.50. The Kier molecular flexibility index (Phi) is 2.86. The summed E-state index contributed by atoms with van der Waals surface area (Å²) in [6, 6.07) is 0. The van der Waals surface area contributed by atoms with E-state index in [0.717, 1.165) is 6.54 Å². The SMILES string of the molecule is B1=NCCCCCC1. The van der Waals surface area contributed by atoms with Crippen molar-refractivity contribution in [2.45, 2.75) is 32.0 Å². The Labute approximate surface area is 51.4 Å². The van der Waals surface area contributed by atoms with Crippen LogP contribution in [0.3, 0.4) is 0 Å². The molecule has 1 aliphatic heterocycles. The van der Waals surface area contributed by atoms with Crippen LogP contribution in [-0.2, 0) is 0 Å². The average Bonchev–Trinajstić information content (AvgIpc) is 1.62. The second kappa shape index (κ2) is 3.82. The molecule has 0 saturated heterocycles. The Bertz CT molecular complexity index is 70.6. The van der Waals surface area contributed by atoms with Crippen LogP contribution in [0.25, 0.3) is 0 Å². The van der Waals surface area contributed by atoms with Gasteiger partial charge in [0.25, 0.3) is 0 Å². The molecule has 44 valence electrons. The van der Waals surface area contributed by atoms with Crippen molar-refractivity contribution >= 4 is 7.07 Å². The van der Waals surface area contributed by atoms with Gasteiger partial charge < -0.3 is 0 Å². The molecule has 0 unspecified atom stereocenters. The van der Waals surface area contributed by atoms with E-state index in [4.69, 9.17) is 0 Å². The van der Waals surface area contributed by atoms with Gasteiger partial charge in [0.2, 0.25) is 0 Å². The van der Waals surface area contributed by atoms with Crippen molar-refractivity contribution in [3.63, 3.8) is 0 Å². The minimum absolute atomic E-state index is 1.07. The first-order chi connectivity index (χ1) is 4.00. The number of nitrogens with zero attached hydrogens (tertiary/aromatic N) is 1. The van der Waals surface area contributed by atoms with Crippen molar-refractivity contribution < 1.29 is 0 Å². The molecule has 0 bridgehead atoms. The molecule has 0 atom stereocenters. The summed E-state index contributed by atoms with van der Waals surface area (Å²) in [5.74, 6) is 0. The first-order valence-electron chi connectivity index (χ1n) is 3.48. The molecule has 1 rings (SSSR count). The molecule has 0 spiro atoms. The van der Waals surface area contributed by atoms with E-state index in [9.17, 15) is 0 Å². The Morgan fingerprint density at radius 3 is 2.88 bits per heavy atom. The molecule has 1 heterocycles. The summed E-state index contributed by atoms with van der Waals surface area (Å²) in [6.07, 6.45) is 6.66. The first kappa shape index (κ1) is 5.99. The molecular weight excluding hydrogens is 96.9 g/mol. The second-order valence-corrected chi connectivity index (χ2v) is 2.29. The van der Waals surface area contributed by atoms with E-state index in [2.05, 4.69) is 12.0 Å². The van der Waals surface area contributed by atoms with Crippen molar-refractivity contribution in [3.8, 4) is 0 Å². The first-order valence-corrected chi connectivity index (χ1v) is 3.48. The predicted octanol–water partition coefficient (Wildman–Crippen LogP) is 1.87. The Morgan fingerprint density at radius 1 is 1.00 bits per heavy atom. The predicted molar refractivity (Wildman–Crippen MR) is 36.3 cm³/mol. The van der Waals surface area contributed by atoms with Gasteiger partial charge in [-0.05, 0) is 0 Å². The van der Waals surface area contributed by atoms with Crippen molar-refractivity contribution in [1.29, 1.82) is 0 Å². The zero-order chi connectivity index (χ0) is 5.66. The van der Waals surface area contributed by atoms with E-state index < -0.39 is 0 Å². The van der Waals surface area contributed by atoms with Gasteiger partial charge >= 0.3 is 50.5 Å². The maximum absolute atomic E-state index is 4.21. The normalized spacial score (nSPS) is 21.0. The van der Waals surface area contributed by atoms with E-state index in [1.807, 2.05) is 0 Å². The third-order valence-corrected chi connectivity index (χ3v) is 1.50. The van der Waals surface area contributed by atoms with Crippen molar-refractivity contribution in [2.24, 2.45) is 4.90 Å². The minimum atomic E-state index is 1.07. The molecule has 0 radical (unpaired) electrons. The van der Waals surface area contributed by atoms with Crippen LogP contribution in [0.15, 0.2) is 4.90 Å². The summed E-state index contributed by atoms with van der Waals surface area (Å²) in [6.45, 7) is 1.07. The van der Waals surface area contributed by atoms with Gasteiger partial charge in [0.1, 0.15) is 0 Å². The van der Waals surface area contributed by atoms with Gasteiger partial charge in [-0.1, -0.05) is 0 Å². The van der Waals surface area contributed by atoms with Gasteiger partial charge in [0, 0.05) is 0 Å². The molecule has 0 aliphatic carbocycles. The molecule has 0 saturated carbocycles.